The number of azo groups is 1. The Morgan fingerprint density at radius 3 is 2.24 bits per heavy atom. The first-order valence-corrected chi connectivity index (χ1v) is 9.07. The van der Waals surface area contributed by atoms with Gasteiger partial charge in [-0.15, -0.1) is 10.2 Å². The first-order chi connectivity index (χ1) is 15.8. The third kappa shape index (κ3) is 5.49. The molecule has 0 heterocycles. The normalized spacial score (nSPS) is 10.5. The molecule has 3 aromatic rings. The van der Waals surface area contributed by atoms with Gasteiger partial charge in [0.2, 0.25) is 0 Å². The van der Waals surface area contributed by atoms with Gasteiger partial charge in [-0.3, -0.25) is 25.0 Å². The number of para-hydroxylation sites is 1. The summed E-state index contributed by atoms with van der Waals surface area (Å²) < 4.78 is 0. The number of nitrogens with one attached hydrogen (secondary N) is 1. The van der Waals surface area contributed by atoms with Crippen LogP contribution in [0.2, 0.25) is 0 Å². The van der Waals surface area contributed by atoms with Crippen LogP contribution < -0.4 is 11.2 Å². The lowest BCUT2D eigenvalue weighted by Gasteiger charge is -2.07. The van der Waals surface area contributed by atoms with Crippen molar-refractivity contribution in [2.75, 3.05) is 11.2 Å². The fourth-order valence-corrected chi connectivity index (χ4v) is 2.56. The lowest BCUT2D eigenvalue weighted by Crippen LogP contribution is -2.12. The third-order valence-corrected chi connectivity index (χ3v) is 4.19. The van der Waals surface area contributed by atoms with E-state index in [1.807, 2.05) is 0 Å². The second-order valence-corrected chi connectivity index (χ2v) is 6.35. The lowest BCUT2D eigenvalue weighted by molar-refractivity contribution is -0.394. The van der Waals surface area contributed by atoms with Crippen LogP contribution >= 0.6 is 0 Å². The van der Waals surface area contributed by atoms with E-state index < -0.39 is 38.7 Å². The molecule has 0 aliphatic carbocycles. The van der Waals surface area contributed by atoms with E-state index in [0.29, 0.717) is 11.8 Å². The molecule has 0 aromatic heterocycles. The Morgan fingerprint density at radius 2 is 1.61 bits per heavy atom. The molecule has 3 aromatic carbocycles. The SMILES string of the molecule is Nc1ccccc1C(=O)N=Nc1ccc(NOC(=O)c2ccc([N+](=O)[O-])cc2[N+](=O)[O-])cc1. The number of nitrogens with zero attached hydrogens (tertiary/aromatic N) is 4. The topological polar surface area (TPSA) is 192 Å². The van der Waals surface area contributed by atoms with Crippen molar-refractivity contribution >= 4 is 40.3 Å². The predicted octanol–water partition coefficient (Wildman–Crippen LogP) is 4.19. The number of carbonyl (C=O) groups is 2. The molecule has 3 rings (SSSR count). The second kappa shape index (κ2) is 9.74. The number of rotatable bonds is 7. The molecule has 0 aliphatic heterocycles. The van der Waals surface area contributed by atoms with E-state index in [1.165, 1.54) is 30.3 Å². The highest BCUT2D eigenvalue weighted by Crippen LogP contribution is 2.25. The van der Waals surface area contributed by atoms with Crippen molar-refractivity contribution in [3.05, 3.63) is 98.1 Å². The largest absolute Gasteiger partial charge is 0.398 e. The Labute approximate surface area is 184 Å². The van der Waals surface area contributed by atoms with Crippen LogP contribution in [0.1, 0.15) is 20.7 Å². The monoisotopic (exact) mass is 450 g/mol. The summed E-state index contributed by atoms with van der Waals surface area (Å²) in [6, 6.07) is 14.8. The van der Waals surface area contributed by atoms with Gasteiger partial charge in [-0.1, -0.05) is 12.1 Å². The van der Waals surface area contributed by atoms with Crippen LogP contribution in [0.3, 0.4) is 0 Å². The average Bonchev–Trinajstić information content (AvgIpc) is 2.81. The minimum absolute atomic E-state index is 0.215. The van der Waals surface area contributed by atoms with E-state index in [1.54, 1.807) is 18.2 Å². The smallest absolute Gasteiger partial charge is 0.369 e. The summed E-state index contributed by atoms with van der Waals surface area (Å²) in [7, 11) is 0. The van der Waals surface area contributed by atoms with Gasteiger partial charge in [-0.2, -0.15) is 0 Å². The molecule has 0 spiro atoms. The van der Waals surface area contributed by atoms with E-state index >= 15 is 0 Å². The van der Waals surface area contributed by atoms with Crippen molar-refractivity contribution in [1.29, 1.82) is 0 Å². The summed E-state index contributed by atoms with van der Waals surface area (Å²) in [5, 5.41) is 29.3. The van der Waals surface area contributed by atoms with E-state index in [4.69, 9.17) is 10.6 Å². The van der Waals surface area contributed by atoms with Gasteiger partial charge in [0.1, 0.15) is 5.56 Å². The number of nitro benzene ring substituents is 2. The maximum atomic E-state index is 12.2. The Balaban J connectivity index is 1.64. The third-order valence-electron chi connectivity index (χ3n) is 4.19. The van der Waals surface area contributed by atoms with Crippen molar-refractivity contribution in [2.45, 2.75) is 0 Å². The van der Waals surface area contributed by atoms with Crippen molar-refractivity contribution in [1.82, 2.24) is 0 Å². The fraction of sp³-hybridized carbons (Fsp3) is 0. The summed E-state index contributed by atoms with van der Waals surface area (Å²) in [6.45, 7) is 0. The standard InChI is InChI=1S/C20H14N6O7/c21-17-4-2-1-3-15(17)19(27)23-22-12-5-7-13(8-6-12)24-33-20(28)16-10-9-14(25(29)30)11-18(16)26(31)32/h1-11,24H,21H2. The van der Waals surface area contributed by atoms with E-state index in [0.717, 1.165) is 12.1 Å². The Kier molecular flexibility index (Phi) is 6.64. The molecule has 0 unspecified atom stereocenters. The van der Waals surface area contributed by atoms with Crippen molar-refractivity contribution in [3.63, 3.8) is 0 Å². The number of amides is 1. The minimum atomic E-state index is -1.12. The van der Waals surface area contributed by atoms with Crippen LogP contribution in [-0.4, -0.2) is 21.7 Å². The molecule has 0 saturated carbocycles. The highest BCUT2D eigenvalue weighted by Gasteiger charge is 2.25. The Bertz CT molecular complexity index is 1270. The first-order valence-electron chi connectivity index (χ1n) is 9.07. The molecule has 0 radical (unpaired) electrons. The fourth-order valence-electron chi connectivity index (χ4n) is 2.56. The quantitative estimate of drug-likeness (QED) is 0.230. The zero-order valence-corrected chi connectivity index (χ0v) is 16.6. The van der Waals surface area contributed by atoms with Crippen molar-refractivity contribution in [3.8, 4) is 0 Å². The summed E-state index contributed by atoms with van der Waals surface area (Å²) in [5.41, 5.74) is 7.34. The number of anilines is 2. The van der Waals surface area contributed by atoms with Gasteiger partial charge < -0.3 is 10.6 Å². The molecule has 0 atom stereocenters. The van der Waals surface area contributed by atoms with Crippen LogP contribution in [0.25, 0.3) is 0 Å². The van der Waals surface area contributed by atoms with Crippen LogP contribution in [0.5, 0.6) is 0 Å². The summed E-state index contributed by atoms with van der Waals surface area (Å²) in [5.74, 6) is -1.74. The molecule has 0 saturated heterocycles. The summed E-state index contributed by atoms with van der Waals surface area (Å²) in [4.78, 5) is 49.3. The van der Waals surface area contributed by atoms with Gasteiger partial charge in [0, 0.05) is 11.8 Å². The molecular weight excluding hydrogens is 436 g/mol. The van der Waals surface area contributed by atoms with Gasteiger partial charge in [0.25, 0.3) is 17.3 Å². The van der Waals surface area contributed by atoms with E-state index in [2.05, 4.69) is 15.7 Å². The first kappa shape index (κ1) is 22.5. The maximum Gasteiger partial charge on any atom is 0.369 e. The molecule has 166 valence electrons. The maximum absolute atomic E-state index is 12.2. The highest BCUT2D eigenvalue weighted by atomic mass is 16.7. The summed E-state index contributed by atoms with van der Waals surface area (Å²) in [6.07, 6.45) is 0. The molecule has 13 heteroatoms. The molecule has 1 amide bonds. The van der Waals surface area contributed by atoms with Gasteiger partial charge in [0.05, 0.1) is 32.9 Å². The van der Waals surface area contributed by atoms with Crippen LogP contribution in [-0.2, 0) is 4.84 Å². The number of benzene rings is 3. The molecule has 13 nitrogen and oxygen atoms in total. The number of nitro groups is 2. The summed E-state index contributed by atoms with van der Waals surface area (Å²) >= 11 is 0. The molecule has 0 bridgehead atoms. The molecule has 0 aliphatic rings. The average molecular weight is 450 g/mol. The highest BCUT2D eigenvalue weighted by molar-refractivity contribution is 5.99. The molecule has 3 N–H and O–H groups in total. The minimum Gasteiger partial charge on any atom is -0.398 e. The van der Waals surface area contributed by atoms with Crippen LogP contribution in [0.15, 0.2) is 77.0 Å². The molecular formula is C20H14N6O7. The van der Waals surface area contributed by atoms with Crippen LogP contribution in [0, 0.1) is 20.2 Å². The number of nitrogen functional groups attached to an aromatic ring is 1. The van der Waals surface area contributed by atoms with Gasteiger partial charge in [-0.25, -0.2) is 10.3 Å². The number of nitrogens with two attached hydrogens (primary N) is 1. The number of carbonyl (C=O) groups excluding carboxylic acids is 2. The second-order valence-electron chi connectivity index (χ2n) is 6.35. The van der Waals surface area contributed by atoms with Crippen molar-refractivity contribution in [2.24, 2.45) is 10.2 Å². The Morgan fingerprint density at radius 1 is 0.909 bits per heavy atom. The van der Waals surface area contributed by atoms with Gasteiger partial charge in [0.15, 0.2) is 0 Å². The molecule has 0 fully saturated rings. The number of non-ortho nitro benzene ring substituents is 1. The van der Waals surface area contributed by atoms with Crippen LogP contribution in [0.4, 0.5) is 28.4 Å². The predicted molar refractivity (Wildman–Crippen MR) is 115 cm³/mol. The number of hydrogen-bond acceptors (Lipinski definition) is 10. The van der Waals surface area contributed by atoms with Crippen molar-refractivity contribution < 1.29 is 24.3 Å². The molecule has 33 heavy (non-hydrogen) atoms. The lowest BCUT2D eigenvalue weighted by atomic mass is 10.1. The van der Waals surface area contributed by atoms with E-state index in [9.17, 15) is 29.8 Å². The Hall–Kier alpha value is -5.20. The number of hydrogen-bond donors (Lipinski definition) is 2. The van der Waals surface area contributed by atoms with Gasteiger partial charge >= 0.3 is 5.97 Å². The zero-order valence-electron chi connectivity index (χ0n) is 16.6. The zero-order chi connectivity index (χ0) is 24.0. The van der Waals surface area contributed by atoms with Gasteiger partial charge in [-0.05, 0) is 42.5 Å². The van der Waals surface area contributed by atoms with E-state index in [-0.39, 0.29) is 16.9 Å².